The Morgan fingerprint density at radius 1 is 1.33 bits per heavy atom. The Kier molecular flexibility index (Phi) is 3.84. The third-order valence-electron chi connectivity index (χ3n) is 2.34. The van der Waals surface area contributed by atoms with E-state index in [0.29, 0.717) is 10.7 Å². The lowest BCUT2D eigenvalue weighted by Gasteiger charge is -2.05. The molecule has 92 valence electrons. The standard InChI is InChI=1S/C13H12N2O2S/c14-11-6-10(13(16)17)7-15-12(11)18-8-9-4-2-1-3-5-9/h1-7H,8,14H2,(H,16,17). The first-order valence-corrected chi connectivity index (χ1v) is 6.31. The molecule has 0 atom stereocenters. The molecule has 0 amide bonds. The highest BCUT2D eigenvalue weighted by Crippen LogP contribution is 2.26. The molecule has 2 rings (SSSR count). The van der Waals surface area contributed by atoms with Crippen LogP contribution in [0.1, 0.15) is 15.9 Å². The molecular formula is C13H12N2O2S. The number of nitrogen functional groups attached to an aromatic ring is 1. The fourth-order valence-electron chi connectivity index (χ4n) is 1.43. The SMILES string of the molecule is Nc1cc(C(=O)O)cnc1SCc1ccccc1. The minimum absolute atomic E-state index is 0.108. The summed E-state index contributed by atoms with van der Waals surface area (Å²) in [6.07, 6.45) is 1.33. The number of nitrogens with two attached hydrogens (primary N) is 1. The Hall–Kier alpha value is -2.01. The van der Waals surface area contributed by atoms with Gasteiger partial charge in [-0.3, -0.25) is 0 Å². The summed E-state index contributed by atoms with van der Waals surface area (Å²) in [6.45, 7) is 0. The molecule has 2 aromatic rings. The number of thioether (sulfide) groups is 1. The molecule has 1 aromatic heterocycles. The summed E-state index contributed by atoms with van der Waals surface area (Å²) < 4.78 is 0. The van der Waals surface area contributed by atoms with E-state index in [1.165, 1.54) is 29.6 Å². The minimum atomic E-state index is -1.02. The molecule has 4 nitrogen and oxygen atoms in total. The summed E-state index contributed by atoms with van der Waals surface area (Å²) in [4.78, 5) is 14.8. The normalized spacial score (nSPS) is 10.2. The molecule has 0 bridgehead atoms. The predicted octanol–water partition coefficient (Wildman–Crippen LogP) is 2.65. The van der Waals surface area contributed by atoms with Crippen molar-refractivity contribution >= 4 is 23.4 Å². The molecule has 0 unspecified atom stereocenters. The van der Waals surface area contributed by atoms with Crippen molar-refractivity contribution in [1.82, 2.24) is 4.98 Å². The van der Waals surface area contributed by atoms with Crippen LogP contribution < -0.4 is 5.73 Å². The maximum Gasteiger partial charge on any atom is 0.337 e. The van der Waals surface area contributed by atoms with Crippen LogP contribution in [0.2, 0.25) is 0 Å². The second-order valence-corrected chi connectivity index (χ2v) is 4.66. The Balaban J connectivity index is 2.08. The number of nitrogens with zero attached hydrogens (tertiary/aromatic N) is 1. The van der Waals surface area contributed by atoms with E-state index in [1.807, 2.05) is 30.3 Å². The van der Waals surface area contributed by atoms with Crippen molar-refractivity contribution in [3.05, 3.63) is 53.7 Å². The summed E-state index contributed by atoms with van der Waals surface area (Å²) >= 11 is 1.49. The van der Waals surface area contributed by atoms with Gasteiger partial charge in [-0.1, -0.05) is 42.1 Å². The molecule has 0 radical (unpaired) electrons. The van der Waals surface area contributed by atoms with E-state index in [4.69, 9.17) is 10.8 Å². The molecule has 18 heavy (non-hydrogen) atoms. The molecule has 0 fully saturated rings. The van der Waals surface area contributed by atoms with Crippen molar-refractivity contribution in [2.45, 2.75) is 10.8 Å². The molecule has 0 aliphatic carbocycles. The Bertz CT molecular complexity index is 558. The molecule has 1 heterocycles. The molecule has 0 aliphatic heterocycles. The van der Waals surface area contributed by atoms with Gasteiger partial charge in [-0.25, -0.2) is 9.78 Å². The van der Waals surface area contributed by atoms with Crippen molar-refractivity contribution in [3.63, 3.8) is 0 Å². The predicted molar refractivity (Wildman–Crippen MR) is 71.6 cm³/mol. The van der Waals surface area contributed by atoms with Crippen molar-refractivity contribution in [1.29, 1.82) is 0 Å². The van der Waals surface area contributed by atoms with Gasteiger partial charge in [0.2, 0.25) is 0 Å². The lowest BCUT2D eigenvalue weighted by Crippen LogP contribution is -2.01. The van der Waals surface area contributed by atoms with Crippen LogP contribution in [0.3, 0.4) is 0 Å². The van der Waals surface area contributed by atoms with Crippen LogP contribution in [-0.4, -0.2) is 16.1 Å². The van der Waals surface area contributed by atoms with Gasteiger partial charge < -0.3 is 10.8 Å². The molecule has 0 saturated heterocycles. The second-order valence-electron chi connectivity index (χ2n) is 3.70. The van der Waals surface area contributed by atoms with Crippen molar-refractivity contribution in [2.75, 3.05) is 5.73 Å². The van der Waals surface area contributed by atoms with Gasteiger partial charge in [-0.05, 0) is 11.6 Å². The van der Waals surface area contributed by atoms with Crippen LogP contribution >= 0.6 is 11.8 Å². The fourth-order valence-corrected chi connectivity index (χ4v) is 2.28. The zero-order chi connectivity index (χ0) is 13.0. The van der Waals surface area contributed by atoms with E-state index in [0.717, 1.165) is 5.75 Å². The van der Waals surface area contributed by atoms with Crippen LogP contribution in [0.15, 0.2) is 47.6 Å². The molecular weight excluding hydrogens is 248 g/mol. The number of carboxylic acids is 1. The number of pyridine rings is 1. The summed E-state index contributed by atoms with van der Waals surface area (Å²) in [5.41, 5.74) is 7.46. The van der Waals surface area contributed by atoms with E-state index >= 15 is 0 Å². The largest absolute Gasteiger partial charge is 0.478 e. The van der Waals surface area contributed by atoms with Crippen molar-refractivity contribution in [2.24, 2.45) is 0 Å². The van der Waals surface area contributed by atoms with Crippen LogP contribution in [0.4, 0.5) is 5.69 Å². The second kappa shape index (κ2) is 5.55. The summed E-state index contributed by atoms with van der Waals surface area (Å²) in [7, 11) is 0. The number of anilines is 1. The number of carboxylic acid groups (broad SMARTS) is 1. The first kappa shape index (κ1) is 12.4. The van der Waals surface area contributed by atoms with E-state index in [-0.39, 0.29) is 5.56 Å². The highest BCUT2D eigenvalue weighted by atomic mass is 32.2. The number of hydrogen-bond donors (Lipinski definition) is 2. The van der Waals surface area contributed by atoms with Gasteiger partial charge >= 0.3 is 5.97 Å². The number of benzene rings is 1. The van der Waals surface area contributed by atoms with Gasteiger partial charge in [0.1, 0.15) is 5.03 Å². The van der Waals surface area contributed by atoms with Gasteiger partial charge in [0, 0.05) is 11.9 Å². The molecule has 0 spiro atoms. The van der Waals surface area contributed by atoms with E-state index in [2.05, 4.69) is 4.98 Å². The van der Waals surface area contributed by atoms with Gasteiger partial charge in [-0.2, -0.15) is 0 Å². The fraction of sp³-hybridized carbons (Fsp3) is 0.0769. The van der Waals surface area contributed by atoms with Crippen LogP contribution in [0, 0.1) is 0 Å². The molecule has 0 saturated carbocycles. The number of aromatic nitrogens is 1. The Morgan fingerprint density at radius 3 is 2.67 bits per heavy atom. The van der Waals surface area contributed by atoms with Crippen molar-refractivity contribution in [3.8, 4) is 0 Å². The van der Waals surface area contributed by atoms with Gasteiger partial charge in [0.25, 0.3) is 0 Å². The number of carbonyl (C=O) groups is 1. The monoisotopic (exact) mass is 260 g/mol. The summed E-state index contributed by atoms with van der Waals surface area (Å²) in [5, 5.41) is 9.46. The highest BCUT2D eigenvalue weighted by molar-refractivity contribution is 7.98. The van der Waals surface area contributed by atoms with E-state index in [1.54, 1.807) is 0 Å². The average Bonchev–Trinajstić information content (AvgIpc) is 2.38. The van der Waals surface area contributed by atoms with E-state index < -0.39 is 5.97 Å². The lowest BCUT2D eigenvalue weighted by atomic mass is 10.2. The summed E-state index contributed by atoms with van der Waals surface area (Å²) in [6, 6.07) is 11.4. The topological polar surface area (TPSA) is 76.2 Å². The van der Waals surface area contributed by atoms with Crippen LogP contribution in [-0.2, 0) is 5.75 Å². The van der Waals surface area contributed by atoms with Crippen LogP contribution in [0.5, 0.6) is 0 Å². The smallest absolute Gasteiger partial charge is 0.337 e. The van der Waals surface area contributed by atoms with Gasteiger partial charge in [0.05, 0.1) is 11.3 Å². The summed E-state index contributed by atoms with van der Waals surface area (Å²) in [5.74, 6) is -0.265. The molecule has 5 heteroatoms. The van der Waals surface area contributed by atoms with E-state index in [9.17, 15) is 4.79 Å². The first-order valence-electron chi connectivity index (χ1n) is 5.32. The minimum Gasteiger partial charge on any atom is -0.478 e. The number of aromatic carboxylic acids is 1. The number of hydrogen-bond acceptors (Lipinski definition) is 4. The van der Waals surface area contributed by atoms with Gasteiger partial charge in [0.15, 0.2) is 0 Å². The molecule has 1 aromatic carbocycles. The first-order chi connectivity index (χ1) is 8.66. The number of rotatable bonds is 4. The molecule has 3 N–H and O–H groups in total. The third-order valence-corrected chi connectivity index (χ3v) is 3.44. The lowest BCUT2D eigenvalue weighted by molar-refractivity contribution is 0.0696. The quantitative estimate of drug-likeness (QED) is 0.826. The zero-order valence-electron chi connectivity index (χ0n) is 9.54. The van der Waals surface area contributed by atoms with Crippen molar-refractivity contribution < 1.29 is 9.90 Å². The maximum atomic E-state index is 10.7. The highest BCUT2D eigenvalue weighted by Gasteiger charge is 2.08. The van der Waals surface area contributed by atoms with Crippen LogP contribution in [0.25, 0.3) is 0 Å². The Labute approximate surface area is 109 Å². The van der Waals surface area contributed by atoms with Gasteiger partial charge in [-0.15, -0.1) is 0 Å². The average molecular weight is 260 g/mol. The molecule has 0 aliphatic rings. The Morgan fingerprint density at radius 2 is 2.06 bits per heavy atom. The zero-order valence-corrected chi connectivity index (χ0v) is 10.4. The third kappa shape index (κ3) is 3.01. The maximum absolute atomic E-state index is 10.7.